The van der Waals surface area contributed by atoms with Crippen LogP contribution in [0.2, 0.25) is 0 Å². The average Bonchev–Trinajstić information content (AvgIpc) is 2.34. The zero-order chi connectivity index (χ0) is 12.5. The third-order valence-corrected chi connectivity index (χ3v) is 2.44. The summed E-state index contributed by atoms with van der Waals surface area (Å²) in [6.07, 6.45) is 0.513. The van der Waals surface area contributed by atoms with Gasteiger partial charge in [0.25, 0.3) is 0 Å². The molecule has 100 valence electrons. The van der Waals surface area contributed by atoms with E-state index in [1.807, 2.05) is 0 Å². The molecule has 0 aromatic rings. The molecular weight excluding hydrogens is 220 g/mol. The minimum atomic E-state index is -0.333. The van der Waals surface area contributed by atoms with E-state index in [2.05, 4.69) is 24.5 Å². The Morgan fingerprint density at radius 1 is 1.59 bits per heavy atom. The van der Waals surface area contributed by atoms with Gasteiger partial charge in [-0.25, -0.2) is 0 Å². The number of hydrogen-bond donors (Lipinski definition) is 2. The molecule has 5 heteroatoms. The minimum absolute atomic E-state index is 0.0268. The van der Waals surface area contributed by atoms with Gasteiger partial charge in [-0.3, -0.25) is 4.79 Å². The van der Waals surface area contributed by atoms with Gasteiger partial charge in [0.05, 0.1) is 6.61 Å². The van der Waals surface area contributed by atoms with E-state index in [1.54, 1.807) is 0 Å². The van der Waals surface area contributed by atoms with Crippen LogP contribution in [-0.2, 0) is 14.3 Å². The molecule has 0 saturated carbocycles. The van der Waals surface area contributed by atoms with Crippen LogP contribution in [0.25, 0.3) is 0 Å². The van der Waals surface area contributed by atoms with Gasteiger partial charge in [-0.15, -0.1) is 0 Å². The summed E-state index contributed by atoms with van der Waals surface area (Å²) in [6, 6.07) is 0. The highest BCUT2D eigenvalue weighted by Gasteiger charge is 2.20. The lowest BCUT2D eigenvalue weighted by atomic mass is 10.2. The standard InChI is InChI=1S/C12H24N2O3/c1-10(2)9-16-6-3-4-14-12(15)11-8-13-5-7-17-11/h10-11,13H,3-9H2,1-2H3,(H,14,15). The first-order chi connectivity index (χ1) is 8.20. The number of amides is 1. The summed E-state index contributed by atoms with van der Waals surface area (Å²) in [6.45, 7) is 8.41. The predicted molar refractivity (Wildman–Crippen MR) is 65.9 cm³/mol. The number of morpholine rings is 1. The van der Waals surface area contributed by atoms with Crippen molar-refractivity contribution >= 4 is 5.91 Å². The van der Waals surface area contributed by atoms with Crippen LogP contribution in [0.15, 0.2) is 0 Å². The fourth-order valence-electron chi connectivity index (χ4n) is 1.55. The summed E-state index contributed by atoms with van der Waals surface area (Å²) in [5.74, 6) is 0.535. The molecule has 0 radical (unpaired) electrons. The van der Waals surface area contributed by atoms with E-state index in [4.69, 9.17) is 9.47 Å². The van der Waals surface area contributed by atoms with E-state index in [0.717, 1.165) is 19.6 Å². The summed E-state index contributed by atoms with van der Waals surface area (Å²) < 4.78 is 10.8. The number of rotatable bonds is 7. The van der Waals surface area contributed by atoms with Crippen LogP contribution < -0.4 is 10.6 Å². The molecule has 0 aromatic heterocycles. The van der Waals surface area contributed by atoms with Gasteiger partial charge in [0.2, 0.25) is 5.91 Å². The maximum Gasteiger partial charge on any atom is 0.250 e. The molecule has 2 N–H and O–H groups in total. The predicted octanol–water partition coefficient (Wildman–Crippen LogP) is 0.154. The fraction of sp³-hybridized carbons (Fsp3) is 0.917. The van der Waals surface area contributed by atoms with Crippen molar-refractivity contribution in [3.8, 4) is 0 Å². The number of ether oxygens (including phenoxy) is 2. The van der Waals surface area contributed by atoms with Gasteiger partial charge in [0.15, 0.2) is 0 Å². The molecule has 1 aliphatic heterocycles. The average molecular weight is 244 g/mol. The van der Waals surface area contributed by atoms with Gasteiger partial charge in [0, 0.05) is 32.8 Å². The quantitative estimate of drug-likeness (QED) is 0.626. The van der Waals surface area contributed by atoms with E-state index in [-0.39, 0.29) is 12.0 Å². The second kappa shape index (κ2) is 8.44. The molecule has 17 heavy (non-hydrogen) atoms. The number of carbonyl (C=O) groups excluding carboxylic acids is 1. The largest absolute Gasteiger partial charge is 0.381 e. The SMILES string of the molecule is CC(C)COCCCNC(=O)C1CNCCO1. The van der Waals surface area contributed by atoms with Crippen molar-refractivity contribution in [3.63, 3.8) is 0 Å². The topological polar surface area (TPSA) is 59.6 Å². The molecule has 5 nitrogen and oxygen atoms in total. The smallest absolute Gasteiger partial charge is 0.250 e. The first kappa shape index (κ1) is 14.4. The Labute approximate surface area is 103 Å². The van der Waals surface area contributed by atoms with Crippen LogP contribution in [0.3, 0.4) is 0 Å². The monoisotopic (exact) mass is 244 g/mol. The third-order valence-electron chi connectivity index (χ3n) is 2.44. The van der Waals surface area contributed by atoms with Crippen molar-refractivity contribution in [3.05, 3.63) is 0 Å². The summed E-state index contributed by atoms with van der Waals surface area (Å²) in [7, 11) is 0. The summed E-state index contributed by atoms with van der Waals surface area (Å²) >= 11 is 0. The second-order valence-electron chi connectivity index (χ2n) is 4.68. The van der Waals surface area contributed by atoms with Gasteiger partial charge in [-0.05, 0) is 12.3 Å². The minimum Gasteiger partial charge on any atom is -0.381 e. The molecule has 0 spiro atoms. The van der Waals surface area contributed by atoms with E-state index in [0.29, 0.717) is 32.2 Å². The number of nitrogens with one attached hydrogen (secondary N) is 2. The van der Waals surface area contributed by atoms with Crippen molar-refractivity contribution in [2.45, 2.75) is 26.4 Å². The molecule has 0 aliphatic carbocycles. The third kappa shape index (κ3) is 6.61. The Morgan fingerprint density at radius 3 is 3.06 bits per heavy atom. The van der Waals surface area contributed by atoms with Gasteiger partial charge < -0.3 is 20.1 Å². The Hall–Kier alpha value is -0.650. The van der Waals surface area contributed by atoms with Crippen molar-refractivity contribution < 1.29 is 14.3 Å². The first-order valence-corrected chi connectivity index (χ1v) is 6.38. The van der Waals surface area contributed by atoms with Crippen LogP contribution in [0.1, 0.15) is 20.3 Å². The highest BCUT2D eigenvalue weighted by Crippen LogP contribution is 1.96. The van der Waals surface area contributed by atoms with Crippen LogP contribution in [0, 0.1) is 5.92 Å². The Balaban J connectivity index is 1.96. The molecular formula is C12H24N2O3. The van der Waals surface area contributed by atoms with Gasteiger partial charge in [-0.2, -0.15) is 0 Å². The zero-order valence-electron chi connectivity index (χ0n) is 10.8. The van der Waals surface area contributed by atoms with Crippen LogP contribution in [-0.4, -0.2) is 51.5 Å². The number of carbonyl (C=O) groups is 1. The highest BCUT2D eigenvalue weighted by molar-refractivity contribution is 5.81. The summed E-state index contributed by atoms with van der Waals surface area (Å²) in [5.41, 5.74) is 0. The van der Waals surface area contributed by atoms with Crippen LogP contribution in [0.5, 0.6) is 0 Å². The fourth-order valence-corrected chi connectivity index (χ4v) is 1.55. The van der Waals surface area contributed by atoms with E-state index >= 15 is 0 Å². The van der Waals surface area contributed by atoms with Crippen molar-refractivity contribution in [2.75, 3.05) is 39.5 Å². The highest BCUT2D eigenvalue weighted by atomic mass is 16.5. The van der Waals surface area contributed by atoms with Crippen molar-refractivity contribution in [1.29, 1.82) is 0 Å². The molecule has 0 bridgehead atoms. The second-order valence-corrected chi connectivity index (χ2v) is 4.68. The van der Waals surface area contributed by atoms with Crippen molar-refractivity contribution in [2.24, 2.45) is 5.92 Å². The van der Waals surface area contributed by atoms with Crippen LogP contribution in [0.4, 0.5) is 0 Å². The van der Waals surface area contributed by atoms with Gasteiger partial charge in [0.1, 0.15) is 6.10 Å². The molecule has 0 aromatic carbocycles. The lowest BCUT2D eigenvalue weighted by Crippen LogP contribution is -2.48. The van der Waals surface area contributed by atoms with E-state index < -0.39 is 0 Å². The first-order valence-electron chi connectivity index (χ1n) is 6.38. The molecule has 1 atom stereocenters. The van der Waals surface area contributed by atoms with Gasteiger partial charge >= 0.3 is 0 Å². The maximum atomic E-state index is 11.6. The molecule has 1 rings (SSSR count). The van der Waals surface area contributed by atoms with Gasteiger partial charge in [-0.1, -0.05) is 13.8 Å². The lowest BCUT2D eigenvalue weighted by Gasteiger charge is -2.22. The Bertz CT molecular complexity index is 216. The van der Waals surface area contributed by atoms with Crippen LogP contribution >= 0.6 is 0 Å². The Morgan fingerprint density at radius 2 is 2.41 bits per heavy atom. The maximum absolute atomic E-state index is 11.6. The van der Waals surface area contributed by atoms with E-state index in [1.165, 1.54) is 0 Å². The normalized spacial score (nSPS) is 20.5. The summed E-state index contributed by atoms with van der Waals surface area (Å²) in [5, 5.41) is 5.98. The molecule has 1 saturated heterocycles. The summed E-state index contributed by atoms with van der Waals surface area (Å²) in [4.78, 5) is 11.6. The van der Waals surface area contributed by atoms with Crippen molar-refractivity contribution in [1.82, 2.24) is 10.6 Å². The lowest BCUT2D eigenvalue weighted by molar-refractivity contribution is -0.134. The molecule has 1 aliphatic rings. The molecule has 1 amide bonds. The number of hydrogen-bond acceptors (Lipinski definition) is 4. The molecule has 1 fully saturated rings. The zero-order valence-corrected chi connectivity index (χ0v) is 10.8. The molecule has 1 unspecified atom stereocenters. The Kier molecular flexibility index (Phi) is 7.16. The molecule has 1 heterocycles. The van der Waals surface area contributed by atoms with E-state index in [9.17, 15) is 4.79 Å².